The predicted molar refractivity (Wildman–Crippen MR) is 77.7 cm³/mol. The molecule has 0 bridgehead atoms. The fraction of sp³-hybridized carbons (Fsp3) is 0.133. The van der Waals surface area contributed by atoms with Gasteiger partial charge in [0.2, 0.25) is 5.91 Å². The molecule has 0 aliphatic rings. The van der Waals surface area contributed by atoms with Crippen molar-refractivity contribution in [1.29, 1.82) is 0 Å². The number of hydrogen-bond acceptors (Lipinski definition) is 4. The molecule has 2 rings (SSSR count). The van der Waals surface area contributed by atoms with Crippen molar-refractivity contribution in [3.8, 4) is 5.75 Å². The monoisotopic (exact) mass is 285 g/mol. The van der Waals surface area contributed by atoms with Crippen LogP contribution in [0.2, 0.25) is 0 Å². The van der Waals surface area contributed by atoms with Gasteiger partial charge in [0.05, 0.1) is 18.3 Å². The molecule has 0 radical (unpaired) electrons. The van der Waals surface area contributed by atoms with Crippen molar-refractivity contribution in [2.24, 2.45) is 5.73 Å². The second-order valence-corrected chi connectivity index (χ2v) is 4.37. The first kappa shape index (κ1) is 14.5. The number of aromatic nitrogens is 1. The molecule has 1 aromatic heterocycles. The summed E-state index contributed by atoms with van der Waals surface area (Å²) in [4.78, 5) is 26.3. The van der Waals surface area contributed by atoms with Crippen LogP contribution in [0.3, 0.4) is 0 Å². The summed E-state index contributed by atoms with van der Waals surface area (Å²) in [6.07, 6.45) is 3.36. The number of nitrogens with zero attached hydrogens (tertiary/aromatic N) is 1. The average Bonchev–Trinajstić information content (AvgIpc) is 2.47. The Hall–Kier alpha value is -2.89. The van der Waals surface area contributed by atoms with Crippen molar-refractivity contribution < 1.29 is 14.3 Å². The Morgan fingerprint density at radius 3 is 2.57 bits per heavy atom. The summed E-state index contributed by atoms with van der Waals surface area (Å²) < 4.78 is 5.35. The molecule has 108 valence electrons. The maximum atomic E-state index is 11.7. The highest BCUT2D eigenvalue weighted by molar-refractivity contribution is 5.91. The van der Waals surface area contributed by atoms with E-state index in [9.17, 15) is 9.59 Å². The third-order valence-electron chi connectivity index (χ3n) is 2.62. The molecule has 6 heteroatoms. The highest BCUT2D eigenvalue weighted by Gasteiger charge is 2.04. The van der Waals surface area contributed by atoms with Crippen LogP contribution in [0.5, 0.6) is 5.75 Å². The topological polar surface area (TPSA) is 94.3 Å². The van der Waals surface area contributed by atoms with Gasteiger partial charge in [-0.25, -0.2) is 0 Å². The van der Waals surface area contributed by atoms with Gasteiger partial charge in [-0.15, -0.1) is 0 Å². The van der Waals surface area contributed by atoms with Gasteiger partial charge in [-0.2, -0.15) is 0 Å². The fourth-order valence-electron chi connectivity index (χ4n) is 1.69. The van der Waals surface area contributed by atoms with Crippen LogP contribution >= 0.6 is 0 Å². The predicted octanol–water partition coefficient (Wildman–Crippen LogP) is 1.13. The minimum Gasteiger partial charge on any atom is -0.484 e. The second-order valence-electron chi connectivity index (χ2n) is 4.37. The largest absolute Gasteiger partial charge is 0.484 e. The van der Waals surface area contributed by atoms with Crippen molar-refractivity contribution in [2.75, 3.05) is 11.9 Å². The molecule has 6 nitrogen and oxygen atoms in total. The lowest BCUT2D eigenvalue weighted by atomic mass is 10.1. The summed E-state index contributed by atoms with van der Waals surface area (Å²) in [7, 11) is 0. The van der Waals surface area contributed by atoms with Crippen LogP contribution in [-0.2, 0) is 16.0 Å². The van der Waals surface area contributed by atoms with Crippen molar-refractivity contribution in [1.82, 2.24) is 4.98 Å². The van der Waals surface area contributed by atoms with Gasteiger partial charge in [-0.05, 0) is 29.8 Å². The number of primary amides is 1. The summed E-state index contributed by atoms with van der Waals surface area (Å²) in [5, 5.41) is 2.66. The molecule has 0 aliphatic heterocycles. The fourth-order valence-corrected chi connectivity index (χ4v) is 1.69. The molecular weight excluding hydrogens is 270 g/mol. The maximum Gasteiger partial charge on any atom is 0.262 e. The Morgan fingerprint density at radius 1 is 1.19 bits per heavy atom. The molecule has 2 amide bonds. The van der Waals surface area contributed by atoms with Crippen LogP contribution in [0.15, 0.2) is 48.8 Å². The molecular formula is C15H15N3O3. The lowest BCUT2D eigenvalue weighted by Gasteiger charge is -2.07. The van der Waals surface area contributed by atoms with E-state index in [1.807, 2.05) is 0 Å². The molecule has 3 N–H and O–H groups in total. The minimum atomic E-state index is -0.389. The van der Waals surface area contributed by atoms with Gasteiger partial charge in [-0.3, -0.25) is 14.6 Å². The Balaban J connectivity index is 1.82. The number of carbonyl (C=O) groups is 2. The molecule has 0 saturated carbocycles. The van der Waals surface area contributed by atoms with Gasteiger partial charge in [0.15, 0.2) is 6.61 Å². The molecule has 0 spiro atoms. The van der Waals surface area contributed by atoms with Crippen molar-refractivity contribution in [2.45, 2.75) is 6.42 Å². The second kappa shape index (κ2) is 7.04. The Bertz CT molecular complexity index is 612. The molecule has 1 heterocycles. The van der Waals surface area contributed by atoms with E-state index in [1.165, 1.54) is 0 Å². The first-order valence-corrected chi connectivity index (χ1v) is 6.33. The van der Waals surface area contributed by atoms with Crippen LogP contribution in [0.25, 0.3) is 0 Å². The van der Waals surface area contributed by atoms with E-state index >= 15 is 0 Å². The van der Waals surface area contributed by atoms with Gasteiger partial charge in [0, 0.05) is 6.20 Å². The van der Waals surface area contributed by atoms with Gasteiger partial charge in [0.25, 0.3) is 5.91 Å². The number of benzene rings is 1. The van der Waals surface area contributed by atoms with Crippen LogP contribution in [-0.4, -0.2) is 23.4 Å². The van der Waals surface area contributed by atoms with E-state index < -0.39 is 0 Å². The maximum absolute atomic E-state index is 11.7. The van der Waals surface area contributed by atoms with Crippen molar-refractivity contribution in [3.05, 3.63) is 54.4 Å². The molecule has 1 aromatic carbocycles. The molecule has 0 unspecified atom stereocenters. The highest BCUT2D eigenvalue weighted by atomic mass is 16.5. The third-order valence-corrected chi connectivity index (χ3v) is 2.62. The van der Waals surface area contributed by atoms with Crippen LogP contribution in [0.4, 0.5) is 5.69 Å². The summed E-state index contributed by atoms with van der Waals surface area (Å²) >= 11 is 0. The molecule has 0 aliphatic carbocycles. The van der Waals surface area contributed by atoms with E-state index in [4.69, 9.17) is 10.5 Å². The molecule has 2 aromatic rings. The number of amides is 2. The summed E-state index contributed by atoms with van der Waals surface area (Å²) in [5.74, 6) is -0.117. The zero-order chi connectivity index (χ0) is 15.1. The summed E-state index contributed by atoms with van der Waals surface area (Å²) in [6.45, 7) is -0.107. The molecule has 21 heavy (non-hydrogen) atoms. The van der Waals surface area contributed by atoms with E-state index in [0.29, 0.717) is 11.4 Å². The standard InChI is InChI=1S/C15H15N3O3/c16-14(19)8-11-3-5-13(6-4-11)21-10-15(20)18-12-2-1-7-17-9-12/h1-7,9H,8,10H2,(H2,16,19)(H,18,20). The molecule has 0 fully saturated rings. The Kier molecular flexibility index (Phi) is 4.87. The number of hydrogen-bond donors (Lipinski definition) is 2. The van der Waals surface area contributed by atoms with Gasteiger partial charge >= 0.3 is 0 Å². The van der Waals surface area contributed by atoms with Gasteiger partial charge in [0.1, 0.15) is 5.75 Å². The number of carbonyl (C=O) groups excluding carboxylic acids is 2. The minimum absolute atomic E-state index is 0.107. The van der Waals surface area contributed by atoms with Crippen LogP contribution in [0, 0.1) is 0 Å². The SMILES string of the molecule is NC(=O)Cc1ccc(OCC(=O)Nc2cccnc2)cc1. The smallest absolute Gasteiger partial charge is 0.262 e. The number of anilines is 1. The quantitative estimate of drug-likeness (QED) is 0.831. The van der Waals surface area contributed by atoms with E-state index in [0.717, 1.165) is 5.56 Å². The zero-order valence-corrected chi connectivity index (χ0v) is 11.3. The number of ether oxygens (including phenoxy) is 1. The van der Waals surface area contributed by atoms with Crippen LogP contribution < -0.4 is 15.8 Å². The number of nitrogens with two attached hydrogens (primary N) is 1. The summed E-state index contributed by atoms with van der Waals surface area (Å²) in [6, 6.07) is 10.3. The van der Waals surface area contributed by atoms with Crippen molar-refractivity contribution in [3.63, 3.8) is 0 Å². The third kappa shape index (κ3) is 4.94. The lowest BCUT2D eigenvalue weighted by Crippen LogP contribution is -2.20. The normalized spacial score (nSPS) is 9.90. The van der Waals surface area contributed by atoms with Crippen LogP contribution in [0.1, 0.15) is 5.56 Å². The number of pyridine rings is 1. The van der Waals surface area contributed by atoms with E-state index in [2.05, 4.69) is 10.3 Å². The van der Waals surface area contributed by atoms with Gasteiger partial charge in [-0.1, -0.05) is 12.1 Å². The Labute approximate surface area is 121 Å². The number of rotatable bonds is 6. The lowest BCUT2D eigenvalue weighted by molar-refractivity contribution is -0.118. The van der Waals surface area contributed by atoms with Gasteiger partial charge < -0.3 is 15.8 Å². The Morgan fingerprint density at radius 2 is 1.95 bits per heavy atom. The van der Waals surface area contributed by atoms with Crippen molar-refractivity contribution >= 4 is 17.5 Å². The number of nitrogens with one attached hydrogen (secondary N) is 1. The summed E-state index contributed by atoms with van der Waals surface area (Å²) in [5.41, 5.74) is 6.52. The first-order chi connectivity index (χ1) is 10.1. The highest BCUT2D eigenvalue weighted by Crippen LogP contribution is 2.12. The zero-order valence-electron chi connectivity index (χ0n) is 11.3. The average molecular weight is 285 g/mol. The first-order valence-electron chi connectivity index (χ1n) is 6.33. The van der Waals surface area contributed by atoms with E-state index in [-0.39, 0.29) is 24.8 Å². The molecule has 0 saturated heterocycles. The van der Waals surface area contributed by atoms with E-state index in [1.54, 1.807) is 48.8 Å². The molecule has 0 atom stereocenters.